The summed E-state index contributed by atoms with van der Waals surface area (Å²) >= 11 is 0. The Balaban J connectivity index is 0. The van der Waals surface area contributed by atoms with E-state index in [-0.39, 0.29) is 14.9 Å². The molecule has 0 amide bonds. The lowest BCUT2D eigenvalue weighted by atomic mass is 9.86. The fraction of sp³-hybridized carbons (Fsp3) is 1.00. The van der Waals surface area contributed by atoms with Crippen LogP contribution in [0.3, 0.4) is 0 Å². The van der Waals surface area contributed by atoms with E-state index in [1.54, 1.807) is 0 Å². The molecular formula is C13H31N. The second-order valence-corrected chi connectivity index (χ2v) is 4.71. The lowest BCUT2D eigenvalue weighted by Crippen LogP contribution is -2.39. The van der Waals surface area contributed by atoms with E-state index in [1.165, 1.54) is 25.9 Å². The van der Waals surface area contributed by atoms with Gasteiger partial charge in [0.05, 0.1) is 0 Å². The summed E-state index contributed by atoms with van der Waals surface area (Å²) in [6.07, 6.45) is 2.83. The second-order valence-electron chi connectivity index (χ2n) is 4.71. The van der Waals surface area contributed by atoms with Crippen molar-refractivity contribution in [3.8, 4) is 0 Å². The largest absolute Gasteiger partial charge is 0.301 e. The van der Waals surface area contributed by atoms with Crippen molar-refractivity contribution in [3.05, 3.63) is 0 Å². The number of hydrogen-bond acceptors (Lipinski definition) is 1. The lowest BCUT2D eigenvalue weighted by molar-refractivity contribution is 0.129. The molecule has 1 aliphatic heterocycles. The zero-order valence-corrected chi connectivity index (χ0v) is 9.01. The fourth-order valence-corrected chi connectivity index (χ4v) is 2.10. The molecule has 1 nitrogen and oxygen atoms in total. The number of hydrogen-bond donors (Lipinski definition) is 0. The van der Waals surface area contributed by atoms with Crippen molar-refractivity contribution in [1.82, 2.24) is 4.90 Å². The molecule has 14 heavy (non-hydrogen) atoms. The van der Waals surface area contributed by atoms with Gasteiger partial charge < -0.3 is 4.90 Å². The molecular weight excluding hydrogens is 170 g/mol. The highest BCUT2D eigenvalue weighted by Gasteiger charge is 2.22. The predicted molar refractivity (Wildman–Crippen MR) is 67.7 cm³/mol. The maximum Gasteiger partial charge on any atom is 0.00385 e. The van der Waals surface area contributed by atoms with E-state index >= 15 is 0 Å². The van der Waals surface area contributed by atoms with Crippen LogP contribution < -0.4 is 0 Å². The van der Waals surface area contributed by atoms with Crippen LogP contribution in [0.25, 0.3) is 0 Å². The topological polar surface area (TPSA) is 3.24 Å². The summed E-state index contributed by atoms with van der Waals surface area (Å²) in [6.45, 7) is 12.0. The fourth-order valence-electron chi connectivity index (χ4n) is 2.10. The first-order valence-corrected chi connectivity index (χ1v) is 5.35. The van der Waals surface area contributed by atoms with Crippen LogP contribution in [0.4, 0.5) is 0 Å². The summed E-state index contributed by atoms with van der Waals surface area (Å²) < 4.78 is 0. The zero-order valence-electron chi connectivity index (χ0n) is 9.01. The van der Waals surface area contributed by atoms with Gasteiger partial charge in [-0.15, -0.1) is 0 Å². The molecule has 0 saturated carbocycles. The van der Waals surface area contributed by atoms with Crippen LogP contribution in [-0.4, -0.2) is 24.0 Å². The maximum absolute atomic E-state index is 2.60. The van der Waals surface area contributed by atoms with E-state index in [4.69, 9.17) is 0 Å². The van der Waals surface area contributed by atoms with Gasteiger partial charge in [0.1, 0.15) is 0 Å². The standard InChI is InChI=1S/C11H23N.2CH4/c1-9(2)11-5-7-12(8-6-11)10(3)4;;/h9-11H,5-8H2,1-4H3;2*1H4. The summed E-state index contributed by atoms with van der Waals surface area (Å²) in [5.41, 5.74) is 0. The molecule has 1 saturated heterocycles. The number of rotatable bonds is 2. The Bertz CT molecular complexity index is 105. The molecule has 0 N–H and O–H groups in total. The molecule has 0 aromatic carbocycles. The summed E-state index contributed by atoms with van der Waals surface area (Å²) in [6, 6.07) is 0.748. The van der Waals surface area contributed by atoms with Crippen molar-refractivity contribution in [3.63, 3.8) is 0 Å². The third-order valence-corrected chi connectivity index (χ3v) is 3.25. The summed E-state index contributed by atoms with van der Waals surface area (Å²) in [5.74, 6) is 1.87. The van der Waals surface area contributed by atoms with Gasteiger partial charge in [0, 0.05) is 6.04 Å². The highest BCUT2D eigenvalue weighted by Crippen LogP contribution is 2.25. The molecule has 0 atom stereocenters. The minimum Gasteiger partial charge on any atom is -0.301 e. The van der Waals surface area contributed by atoms with E-state index in [0.717, 1.165) is 17.9 Å². The van der Waals surface area contributed by atoms with Crippen LogP contribution in [-0.2, 0) is 0 Å². The van der Waals surface area contributed by atoms with Crippen molar-refractivity contribution in [2.75, 3.05) is 13.1 Å². The van der Waals surface area contributed by atoms with Crippen molar-refractivity contribution < 1.29 is 0 Å². The van der Waals surface area contributed by atoms with Crippen molar-refractivity contribution in [1.29, 1.82) is 0 Å². The number of likely N-dealkylation sites (tertiary alicyclic amines) is 1. The molecule has 0 radical (unpaired) electrons. The molecule has 0 bridgehead atoms. The van der Waals surface area contributed by atoms with Gasteiger partial charge in [0.15, 0.2) is 0 Å². The normalized spacial score (nSPS) is 19.3. The summed E-state index contributed by atoms with van der Waals surface area (Å²) in [5, 5.41) is 0. The first-order chi connectivity index (χ1) is 5.61. The Morgan fingerprint density at radius 3 is 1.64 bits per heavy atom. The highest BCUT2D eigenvalue weighted by atomic mass is 15.1. The van der Waals surface area contributed by atoms with Crippen LogP contribution in [0.5, 0.6) is 0 Å². The third-order valence-electron chi connectivity index (χ3n) is 3.25. The molecule has 1 heterocycles. The summed E-state index contributed by atoms with van der Waals surface area (Å²) in [7, 11) is 0. The number of nitrogens with zero attached hydrogens (tertiary/aromatic N) is 1. The van der Waals surface area contributed by atoms with Crippen molar-refractivity contribution in [2.45, 2.75) is 61.4 Å². The van der Waals surface area contributed by atoms with Crippen LogP contribution in [0, 0.1) is 11.8 Å². The van der Waals surface area contributed by atoms with E-state index in [9.17, 15) is 0 Å². The Labute approximate surface area is 91.9 Å². The van der Waals surface area contributed by atoms with Crippen molar-refractivity contribution in [2.24, 2.45) is 11.8 Å². The second kappa shape index (κ2) is 7.28. The average Bonchev–Trinajstić information content (AvgIpc) is 2.04. The van der Waals surface area contributed by atoms with Crippen LogP contribution in [0.1, 0.15) is 55.4 Å². The van der Waals surface area contributed by atoms with Gasteiger partial charge in [-0.3, -0.25) is 0 Å². The average molecular weight is 201 g/mol. The van der Waals surface area contributed by atoms with Gasteiger partial charge in [0.25, 0.3) is 0 Å². The third kappa shape index (κ3) is 4.45. The number of piperidine rings is 1. The molecule has 88 valence electrons. The molecule has 1 aliphatic rings. The molecule has 0 unspecified atom stereocenters. The Morgan fingerprint density at radius 2 is 1.36 bits per heavy atom. The van der Waals surface area contributed by atoms with E-state index in [0.29, 0.717) is 0 Å². The van der Waals surface area contributed by atoms with Gasteiger partial charge in [-0.05, 0) is 51.6 Å². The van der Waals surface area contributed by atoms with Gasteiger partial charge in [0.2, 0.25) is 0 Å². The SMILES string of the molecule is C.C.CC(C)C1CCN(C(C)C)CC1. The molecule has 1 heteroatoms. The van der Waals surface area contributed by atoms with E-state index in [2.05, 4.69) is 32.6 Å². The van der Waals surface area contributed by atoms with Gasteiger partial charge in [-0.25, -0.2) is 0 Å². The van der Waals surface area contributed by atoms with Gasteiger partial charge >= 0.3 is 0 Å². The maximum atomic E-state index is 2.60. The van der Waals surface area contributed by atoms with Gasteiger partial charge in [-0.1, -0.05) is 28.7 Å². The van der Waals surface area contributed by atoms with Gasteiger partial charge in [-0.2, -0.15) is 0 Å². The molecule has 0 aliphatic carbocycles. The molecule has 1 rings (SSSR count). The Kier molecular flexibility index (Phi) is 8.52. The lowest BCUT2D eigenvalue weighted by Gasteiger charge is -2.36. The Morgan fingerprint density at radius 1 is 0.929 bits per heavy atom. The van der Waals surface area contributed by atoms with E-state index < -0.39 is 0 Å². The quantitative estimate of drug-likeness (QED) is 0.652. The van der Waals surface area contributed by atoms with E-state index in [1.807, 2.05) is 0 Å². The minimum atomic E-state index is 0. The van der Waals surface area contributed by atoms with Crippen molar-refractivity contribution >= 4 is 0 Å². The predicted octanol–water partition coefficient (Wildman–Crippen LogP) is 4.04. The molecule has 1 fully saturated rings. The smallest absolute Gasteiger partial charge is 0.00385 e. The Hall–Kier alpha value is -0.0400. The summed E-state index contributed by atoms with van der Waals surface area (Å²) in [4.78, 5) is 2.60. The minimum absolute atomic E-state index is 0. The molecule has 0 spiro atoms. The highest BCUT2D eigenvalue weighted by molar-refractivity contribution is 4.75. The zero-order chi connectivity index (χ0) is 9.14. The first kappa shape index (κ1) is 16.4. The molecule has 0 aromatic rings. The van der Waals surface area contributed by atoms with Crippen LogP contribution in [0.2, 0.25) is 0 Å². The monoisotopic (exact) mass is 201 g/mol. The first-order valence-electron chi connectivity index (χ1n) is 5.35. The van der Waals surface area contributed by atoms with Crippen LogP contribution >= 0.6 is 0 Å². The van der Waals surface area contributed by atoms with Crippen LogP contribution in [0.15, 0.2) is 0 Å². The molecule has 0 aromatic heterocycles.